The minimum Gasteiger partial charge on any atom is -0.380 e. The normalized spacial score (nSPS) is 25.3. The van der Waals surface area contributed by atoms with Crippen LogP contribution >= 0.6 is 0 Å². The number of hydrogen-bond acceptors (Lipinski definition) is 3. The van der Waals surface area contributed by atoms with Crippen molar-refractivity contribution >= 4 is 0 Å². The summed E-state index contributed by atoms with van der Waals surface area (Å²) in [6, 6.07) is 1.81. The van der Waals surface area contributed by atoms with E-state index in [4.69, 9.17) is 4.74 Å². The van der Waals surface area contributed by atoms with Gasteiger partial charge in [-0.2, -0.15) is 0 Å². The highest BCUT2D eigenvalue weighted by molar-refractivity contribution is 4.89. The topological polar surface area (TPSA) is 24.5 Å². The van der Waals surface area contributed by atoms with Gasteiger partial charge in [-0.3, -0.25) is 4.90 Å². The molecule has 3 nitrogen and oxygen atoms in total. The predicted molar refractivity (Wildman–Crippen MR) is 78.0 cm³/mol. The summed E-state index contributed by atoms with van der Waals surface area (Å²) in [5.41, 5.74) is 0. The third kappa shape index (κ3) is 4.22. The van der Waals surface area contributed by atoms with E-state index in [2.05, 4.69) is 45.0 Å². The number of nitrogens with zero attached hydrogens (tertiary/aromatic N) is 1. The standard InChI is InChI=1S/C15H32N2O/c1-6-13(7-2)17(10-12(3)4)15-11-18-9-8-14(15)16-5/h12-16H,6-11H2,1-5H3. The molecule has 108 valence electrons. The first-order chi connectivity index (χ1) is 8.63. The highest BCUT2D eigenvalue weighted by Gasteiger charge is 2.33. The van der Waals surface area contributed by atoms with Gasteiger partial charge in [-0.25, -0.2) is 0 Å². The maximum atomic E-state index is 5.73. The summed E-state index contributed by atoms with van der Waals surface area (Å²) in [6.07, 6.45) is 3.60. The summed E-state index contributed by atoms with van der Waals surface area (Å²) in [5.74, 6) is 0.713. The molecule has 1 heterocycles. The van der Waals surface area contributed by atoms with E-state index < -0.39 is 0 Å². The minimum atomic E-state index is 0.538. The largest absolute Gasteiger partial charge is 0.380 e. The van der Waals surface area contributed by atoms with E-state index in [-0.39, 0.29) is 0 Å². The summed E-state index contributed by atoms with van der Waals surface area (Å²) >= 11 is 0. The van der Waals surface area contributed by atoms with Crippen molar-refractivity contribution in [3.8, 4) is 0 Å². The van der Waals surface area contributed by atoms with Crippen LogP contribution in [0.4, 0.5) is 0 Å². The van der Waals surface area contributed by atoms with Gasteiger partial charge in [0.15, 0.2) is 0 Å². The highest BCUT2D eigenvalue weighted by Crippen LogP contribution is 2.21. The first-order valence-electron chi connectivity index (χ1n) is 7.64. The Morgan fingerprint density at radius 2 is 1.94 bits per heavy atom. The van der Waals surface area contributed by atoms with Crippen LogP contribution in [0.15, 0.2) is 0 Å². The Balaban J connectivity index is 2.78. The number of rotatable bonds is 7. The molecular weight excluding hydrogens is 224 g/mol. The number of likely N-dealkylation sites (N-methyl/N-ethyl adjacent to an activating group) is 1. The summed E-state index contributed by atoms with van der Waals surface area (Å²) in [7, 11) is 2.09. The Labute approximate surface area is 113 Å². The van der Waals surface area contributed by atoms with Crippen molar-refractivity contribution in [2.75, 3.05) is 26.8 Å². The maximum absolute atomic E-state index is 5.73. The van der Waals surface area contributed by atoms with Crippen LogP contribution in [0.1, 0.15) is 47.0 Å². The van der Waals surface area contributed by atoms with Crippen molar-refractivity contribution in [2.45, 2.75) is 65.1 Å². The molecule has 0 aliphatic carbocycles. The van der Waals surface area contributed by atoms with E-state index in [0.717, 1.165) is 19.6 Å². The molecule has 0 bridgehead atoms. The van der Waals surface area contributed by atoms with Crippen molar-refractivity contribution in [3.63, 3.8) is 0 Å². The van der Waals surface area contributed by atoms with Gasteiger partial charge in [0.1, 0.15) is 0 Å². The van der Waals surface area contributed by atoms with Crippen LogP contribution in [-0.4, -0.2) is 49.8 Å². The molecule has 0 saturated carbocycles. The van der Waals surface area contributed by atoms with Gasteiger partial charge in [0.2, 0.25) is 0 Å². The molecule has 3 heteroatoms. The Kier molecular flexibility index (Phi) is 7.20. The van der Waals surface area contributed by atoms with Gasteiger partial charge < -0.3 is 10.1 Å². The third-order valence-corrected chi connectivity index (χ3v) is 4.11. The lowest BCUT2D eigenvalue weighted by Crippen LogP contribution is -2.58. The molecule has 1 rings (SSSR count). The van der Waals surface area contributed by atoms with Gasteiger partial charge in [-0.05, 0) is 32.2 Å². The predicted octanol–water partition coefficient (Wildman–Crippen LogP) is 2.51. The molecule has 0 aromatic carbocycles. The molecule has 2 atom stereocenters. The fourth-order valence-corrected chi connectivity index (χ4v) is 3.12. The van der Waals surface area contributed by atoms with E-state index in [0.29, 0.717) is 24.0 Å². The van der Waals surface area contributed by atoms with E-state index in [9.17, 15) is 0 Å². The molecule has 1 N–H and O–H groups in total. The van der Waals surface area contributed by atoms with Crippen LogP contribution in [0.25, 0.3) is 0 Å². The average Bonchev–Trinajstić information content (AvgIpc) is 2.38. The maximum Gasteiger partial charge on any atom is 0.0637 e. The highest BCUT2D eigenvalue weighted by atomic mass is 16.5. The van der Waals surface area contributed by atoms with Crippen molar-refractivity contribution in [1.82, 2.24) is 10.2 Å². The van der Waals surface area contributed by atoms with E-state index in [1.165, 1.54) is 19.4 Å². The second-order valence-corrected chi connectivity index (χ2v) is 5.89. The molecule has 0 radical (unpaired) electrons. The van der Waals surface area contributed by atoms with Crippen LogP contribution in [0, 0.1) is 5.92 Å². The van der Waals surface area contributed by atoms with Crippen LogP contribution < -0.4 is 5.32 Å². The smallest absolute Gasteiger partial charge is 0.0637 e. The molecule has 2 unspecified atom stereocenters. The Bertz CT molecular complexity index is 217. The molecule has 1 fully saturated rings. The Morgan fingerprint density at radius 3 is 2.44 bits per heavy atom. The minimum absolute atomic E-state index is 0.538. The van der Waals surface area contributed by atoms with Crippen LogP contribution in [-0.2, 0) is 4.74 Å². The second kappa shape index (κ2) is 8.13. The summed E-state index contributed by atoms with van der Waals surface area (Å²) in [5, 5.41) is 3.49. The zero-order chi connectivity index (χ0) is 13.5. The molecule has 1 saturated heterocycles. The van der Waals surface area contributed by atoms with Gasteiger partial charge in [0.05, 0.1) is 6.61 Å². The number of hydrogen-bond donors (Lipinski definition) is 1. The summed E-state index contributed by atoms with van der Waals surface area (Å²) in [4.78, 5) is 2.70. The number of nitrogens with one attached hydrogen (secondary N) is 1. The second-order valence-electron chi connectivity index (χ2n) is 5.89. The molecule has 1 aliphatic rings. The Hall–Kier alpha value is -0.120. The molecule has 0 aromatic rings. The molecule has 1 aliphatic heterocycles. The first-order valence-corrected chi connectivity index (χ1v) is 7.64. The zero-order valence-electron chi connectivity index (χ0n) is 12.9. The van der Waals surface area contributed by atoms with Crippen LogP contribution in [0.5, 0.6) is 0 Å². The lowest BCUT2D eigenvalue weighted by Gasteiger charge is -2.44. The van der Waals surface area contributed by atoms with Crippen LogP contribution in [0.3, 0.4) is 0 Å². The molecule has 0 amide bonds. The number of ether oxygens (including phenoxy) is 1. The summed E-state index contributed by atoms with van der Waals surface area (Å²) < 4.78 is 5.73. The average molecular weight is 256 g/mol. The van der Waals surface area contributed by atoms with Crippen molar-refractivity contribution in [2.24, 2.45) is 5.92 Å². The molecule has 0 aromatic heterocycles. The zero-order valence-corrected chi connectivity index (χ0v) is 12.9. The first kappa shape index (κ1) is 15.9. The third-order valence-electron chi connectivity index (χ3n) is 4.11. The molecular formula is C15H32N2O. The van der Waals surface area contributed by atoms with Crippen molar-refractivity contribution < 1.29 is 4.74 Å². The monoisotopic (exact) mass is 256 g/mol. The lowest BCUT2D eigenvalue weighted by atomic mass is 9.97. The van der Waals surface area contributed by atoms with Gasteiger partial charge >= 0.3 is 0 Å². The molecule has 18 heavy (non-hydrogen) atoms. The van der Waals surface area contributed by atoms with E-state index >= 15 is 0 Å². The van der Waals surface area contributed by atoms with Crippen LogP contribution in [0.2, 0.25) is 0 Å². The van der Waals surface area contributed by atoms with E-state index in [1.807, 2.05) is 0 Å². The van der Waals surface area contributed by atoms with Gasteiger partial charge in [0.25, 0.3) is 0 Å². The summed E-state index contributed by atoms with van der Waals surface area (Å²) in [6.45, 7) is 12.2. The fourth-order valence-electron chi connectivity index (χ4n) is 3.12. The van der Waals surface area contributed by atoms with Crippen molar-refractivity contribution in [1.29, 1.82) is 0 Å². The fraction of sp³-hybridized carbons (Fsp3) is 1.00. The SMILES string of the molecule is CCC(CC)N(CC(C)C)C1COCCC1NC. The lowest BCUT2D eigenvalue weighted by molar-refractivity contribution is -0.0242. The Morgan fingerprint density at radius 1 is 1.28 bits per heavy atom. The van der Waals surface area contributed by atoms with E-state index in [1.54, 1.807) is 0 Å². The van der Waals surface area contributed by atoms with Gasteiger partial charge in [0, 0.05) is 31.3 Å². The van der Waals surface area contributed by atoms with Gasteiger partial charge in [-0.15, -0.1) is 0 Å². The quantitative estimate of drug-likeness (QED) is 0.757. The molecule has 0 spiro atoms. The van der Waals surface area contributed by atoms with Crippen molar-refractivity contribution in [3.05, 3.63) is 0 Å². The van der Waals surface area contributed by atoms with Gasteiger partial charge in [-0.1, -0.05) is 27.7 Å².